The number of aryl methyl sites for hydroxylation is 2. The van der Waals surface area contributed by atoms with Gasteiger partial charge < -0.3 is 9.84 Å². The third kappa shape index (κ3) is 3.98. The quantitative estimate of drug-likeness (QED) is 0.688. The molecule has 4 rings (SSSR count). The van der Waals surface area contributed by atoms with Gasteiger partial charge in [-0.2, -0.15) is 0 Å². The molecule has 146 valence electrons. The van der Waals surface area contributed by atoms with Crippen LogP contribution in [0, 0.1) is 13.8 Å². The van der Waals surface area contributed by atoms with Crippen molar-refractivity contribution in [2.45, 2.75) is 39.8 Å². The van der Waals surface area contributed by atoms with Crippen molar-refractivity contribution in [1.82, 2.24) is 25.3 Å². The molecule has 1 N–H and O–H groups in total. The second kappa shape index (κ2) is 8.20. The fraction of sp³-hybridized carbons (Fsp3) is 0.400. The average molecular weight is 398 g/mol. The number of carbonyl (C=O) groups is 1. The summed E-state index contributed by atoms with van der Waals surface area (Å²) in [5.74, 6) is 0.887. The van der Waals surface area contributed by atoms with E-state index >= 15 is 0 Å². The van der Waals surface area contributed by atoms with Gasteiger partial charge in [0.05, 0.1) is 17.0 Å². The predicted molar refractivity (Wildman–Crippen MR) is 106 cm³/mol. The van der Waals surface area contributed by atoms with E-state index in [9.17, 15) is 4.79 Å². The summed E-state index contributed by atoms with van der Waals surface area (Å²) >= 11 is 1.67. The van der Waals surface area contributed by atoms with Gasteiger partial charge in [-0.1, -0.05) is 5.16 Å². The number of amides is 1. The fourth-order valence-electron chi connectivity index (χ4n) is 3.52. The van der Waals surface area contributed by atoms with Gasteiger partial charge >= 0.3 is 0 Å². The summed E-state index contributed by atoms with van der Waals surface area (Å²) in [7, 11) is 0. The highest BCUT2D eigenvalue weighted by Gasteiger charge is 2.25. The van der Waals surface area contributed by atoms with Crippen LogP contribution in [0.2, 0.25) is 0 Å². The minimum Gasteiger partial charge on any atom is -0.361 e. The highest BCUT2D eigenvalue weighted by atomic mass is 32.1. The van der Waals surface area contributed by atoms with Gasteiger partial charge in [-0.25, -0.2) is 0 Å². The van der Waals surface area contributed by atoms with Crippen molar-refractivity contribution in [2.24, 2.45) is 0 Å². The fourth-order valence-corrected chi connectivity index (χ4v) is 4.64. The molecule has 0 fully saturated rings. The maximum absolute atomic E-state index is 12.6. The molecule has 1 amide bonds. The minimum absolute atomic E-state index is 0.000522. The van der Waals surface area contributed by atoms with Crippen LogP contribution in [0.4, 0.5) is 0 Å². The second-order valence-electron chi connectivity index (χ2n) is 7.02. The number of rotatable bonds is 6. The molecule has 0 bridgehead atoms. The van der Waals surface area contributed by atoms with Crippen molar-refractivity contribution < 1.29 is 9.32 Å². The molecule has 0 atom stereocenters. The molecule has 3 aromatic heterocycles. The van der Waals surface area contributed by atoms with Gasteiger partial charge in [0.1, 0.15) is 5.76 Å². The lowest BCUT2D eigenvalue weighted by atomic mass is 10.0. The monoisotopic (exact) mass is 397 g/mol. The van der Waals surface area contributed by atoms with E-state index in [4.69, 9.17) is 4.52 Å². The number of hydrogen-bond acceptors (Lipinski definition) is 7. The van der Waals surface area contributed by atoms with Crippen LogP contribution in [0.5, 0.6) is 0 Å². The van der Waals surface area contributed by atoms with Crippen molar-refractivity contribution in [3.63, 3.8) is 0 Å². The third-order valence-corrected chi connectivity index (χ3v) is 6.13. The van der Waals surface area contributed by atoms with E-state index in [1.807, 2.05) is 19.2 Å². The Morgan fingerprint density at radius 2 is 2.25 bits per heavy atom. The number of fused-ring (bicyclic) bond motifs is 1. The van der Waals surface area contributed by atoms with E-state index in [-0.39, 0.29) is 5.91 Å². The Kier molecular flexibility index (Phi) is 5.50. The Morgan fingerprint density at radius 1 is 1.36 bits per heavy atom. The predicted octanol–water partition coefficient (Wildman–Crippen LogP) is 2.67. The Bertz CT molecular complexity index is 947. The molecule has 0 radical (unpaired) electrons. The van der Waals surface area contributed by atoms with E-state index in [2.05, 4.69) is 25.3 Å². The molecular formula is C20H23N5O2S. The van der Waals surface area contributed by atoms with Crippen LogP contribution >= 0.6 is 11.3 Å². The van der Waals surface area contributed by atoms with E-state index in [1.54, 1.807) is 29.9 Å². The molecule has 0 aromatic carbocycles. The Hall–Kier alpha value is -2.58. The van der Waals surface area contributed by atoms with Crippen molar-refractivity contribution >= 4 is 17.2 Å². The third-order valence-electron chi connectivity index (χ3n) is 5.12. The van der Waals surface area contributed by atoms with Crippen molar-refractivity contribution in [3.8, 4) is 0 Å². The van der Waals surface area contributed by atoms with Gasteiger partial charge in [-0.15, -0.1) is 11.3 Å². The van der Waals surface area contributed by atoms with E-state index in [0.717, 1.165) is 48.8 Å². The zero-order valence-electron chi connectivity index (χ0n) is 16.1. The molecule has 0 unspecified atom stereocenters. The van der Waals surface area contributed by atoms with Gasteiger partial charge in [0.2, 0.25) is 0 Å². The van der Waals surface area contributed by atoms with E-state index < -0.39 is 0 Å². The van der Waals surface area contributed by atoms with Crippen LogP contribution in [0.15, 0.2) is 28.5 Å². The normalized spacial score (nSPS) is 14.1. The van der Waals surface area contributed by atoms with E-state index in [0.29, 0.717) is 13.0 Å². The molecule has 4 heterocycles. The summed E-state index contributed by atoms with van der Waals surface area (Å²) in [6, 6.07) is 0. The number of nitrogens with zero attached hydrogens (tertiary/aromatic N) is 4. The number of thiophene rings is 1. The topological polar surface area (TPSA) is 84.2 Å². The zero-order chi connectivity index (χ0) is 19.5. The first-order chi connectivity index (χ1) is 13.6. The van der Waals surface area contributed by atoms with Gasteiger partial charge in [0.25, 0.3) is 5.91 Å². The maximum Gasteiger partial charge on any atom is 0.252 e. The summed E-state index contributed by atoms with van der Waals surface area (Å²) in [5.41, 5.74) is 5.01. The van der Waals surface area contributed by atoms with Gasteiger partial charge in [-0.3, -0.25) is 19.7 Å². The van der Waals surface area contributed by atoms with Crippen LogP contribution in [0.1, 0.15) is 43.5 Å². The maximum atomic E-state index is 12.6. The number of carbonyl (C=O) groups excluding carboxylic acids is 1. The van der Waals surface area contributed by atoms with Gasteiger partial charge in [-0.05, 0) is 25.8 Å². The molecule has 28 heavy (non-hydrogen) atoms. The van der Waals surface area contributed by atoms with Crippen LogP contribution in [0.25, 0.3) is 0 Å². The molecule has 7 nitrogen and oxygen atoms in total. The Labute approximate surface area is 167 Å². The van der Waals surface area contributed by atoms with Crippen LogP contribution in [-0.2, 0) is 25.9 Å². The standard InChI is InChI=1S/C20H23N5O2S/c1-13-17(14(2)27-24-13)10-25-8-4-16-18(12-28-19(16)11-25)20(26)23-5-3-15-9-21-6-7-22-15/h6-7,9,12H,3-5,8,10-11H2,1-2H3,(H,23,26). The molecule has 0 saturated carbocycles. The molecule has 0 saturated heterocycles. The minimum atomic E-state index is 0.000522. The summed E-state index contributed by atoms with van der Waals surface area (Å²) in [6.07, 6.45) is 6.61. The van der Waals surface area contributed by atoms with Crippen molar-refractivity contribution in [3.05, 3.63) is 62.7 Å². The summed E-state index contributed by atoms with van der Waals surface area (Å²) < 4.78 is 5.28. The first kappa shape index (κ1) is 18.8. The van der Waals surface area contributed by atoms with Crippen LogP contribution in [-0.4, -0.2) is 39.0 Å². The van der Waals surface area contributed by atoms with Crippen molar-refractivity contribution in [2.75, 3.05) is 13.1 Å². The largest absolute Gasteiger partial charge is 0.361 e. The first-order valence-corrected chi connectivity index (χ1v) is 10.3. The SMILES string of the molecule is Cc1noc(C)c1CN1CCc2c(C(=O)NCCc3cnccn3)csc2C1. The summed E-state index contributed by atoms with van der Waals surface area (Å²) in [4.78, 5) is 24.6. The summed E-state index contributed by atoms with van der Waals surface area (Å²) in [6.45, 7) is 7.11. The smallest absolute Gasteiger partial charge is 0.252 e. The van der Waals surface area contributed by atoms with Crippen molar-refractivity contribution in [1.29, 1.82) is 0 Å². The summed E-state index contributed by atoms with van der Waals surface area (Å²) in [5, 5.41) is 9.04. The highest BCUT2D eigenvalue weighted by Crippen LogP contribution is 2.30. The lowest BCUT2D eigenvalue weighted by Gasteiger charge is -2.27. The van der Waals surface area contributed by atoms with E-state index in [1.165, 1.54) is 16.0 Å². The van der Waals surface area contributed by atoms with Gasteiger partial charge in [0, 0.05) is 67.0 Å². The molecule has 1 aliphatic heterocycles. The molecule has 3 aromatic rings. The number of aromatic nitrogens is 3. The second-order valence-corrected chi connectivity index (χ2v) is 7.98. The lowest BCUT2D eigenvalue weighted by Crippen LogP contribution is -2.31. The zero-order valence-corrected chi connectivity index (χ0v) is 16.9. The number of hydrogen-bond donors (Lipinski definition) is 1. The Morgan fingerprint density at radius 3 is 3.00 bits per heavy atom. The molecule has 0 spiro atoms. The lowest BCUT2D eigenvalue weighted by molar-refractivity contribution is 0.0952. The molecular weight excluding hydrogens is 374 g/mol. The Balaban J connectivity index is 1.36. The molecule has 1 aliphatic rings. The molecule has 8 heteroatoms. The van der Waals surface area contributed by atoms with Gasteiger partial charge in [0.15, 0.2) is 0 Å². The van der Waals surface area contributed by atoms with Crippen LogP contribution < -0.4 is 5.32 Å². The number of nitrogens with one attached hydrogen (secondary N) is 1. The highest BCUT2D eigenvalue weighted by molar-refractivity contribution is 7.10. The average Bonchev–Trinajstić information content (AvgIpc) is 3.27. The first-order valence-electron chi connectivity index (χ1n) is 9.38. The molecule has 0 aliphatic carbocycles. The van der Waals surface area contributed by atoms with Crippen LogP contribution in [0.3, 0.4) is 0 Å².